The fourth-order valence-corrected chi connectivity index (χ4v) is 2.04. The van der Waals surface area contributed by atoms with Gasteiger partial charge in [0.25, 0.3) is 0 Å². The first-order valence-electron chi connectivity index (χ1n) is 5.37. The molecule has 1 nitrogen and oxygen atoms in total. The first kappa shape index (κ1) is 10.5. The van der Waals surface area contributed by atoms with Crippen molar-refractivity contribution in [1.82, 2.24) is 0 Å². The van der Waals surface area contributed by atoms with Crippen LogP contribution in [0.25, 0.3) is 0 Å². The molecular weight excluding hydrogens is 160 g/mol. The van der Waals surface area contributed by atoms with Crippen LogP contribution in [0.1, 0.15) is 51.9 Å². The maximum Gasteiger partial charge on any atom is 0.139 e. The third-order valence-corrected chi connectivity index (χ3v) is 2.79. The number of hydrogen-bond donors (Lipinski definition) is 0. The number of hydrogen-bond acceptors (Lipinski definition) is 1. The van der Waals surface area contributed by atoms with Crippen LogP contribution < -0.4 is 0 Å². The Morgan fingerprint density at radius 2 is 1.77 bits per heavy atom. The minimum Gasteiger partial charge on any atom is -0.299 e. The second-order valence-electron chi connectivity index (χ2n) is 4.29. The van der Waals surface area contributed by atoms with Crippen LogP contribution in [0.4, 0.5) is 0 Å². The Morgan fingerprint density at radius 1 is 1.23 bits per heavy atom. The van der Waals surface area contributed by atoms with Gasteiger partial charge in [0.2, 0.25) is 0 Å². The zero-order valence-corrected chi connectivity index (χ0v) is 8.64. The molecule has 0 atom stereocenters. The van der Waals surface area contributed by atoms with Gasteiger partial charge in [-0.25, -0.2) is 0 Å². The molecule has 0 aromatic carbocycles. The van der Waals surface area contributed by atoms with Gasteiger partial charge in [0, 0.05) is 12.3 Å². The van der Waals surface area contributed by atoms with E-state index < -0.39 is 0 Å². The second kappa shape index (κ2) is 5.21. The van der Waals surface area contributed by atoms with Crippen molar-refractivity contribution in [3.05, 3.63) is 12.2 Å². The third-order valence-electron chi connectivity index (χ3n) is 2.79. The van der Waals surface area contributed by atoms with Crippen molar-refractivity contribution in [3.63, 3.8) is 0 Å². The van der Waals surface area contributed by atoms with Crippen molar-refractivity contribution in [3.8, 4) is 0 Å². The van der Waals surface area contributed by atoms with Crippen molar-refractivity contribution in [2.24, 2.45) is 5.92 Å². The van der Waals surface area contributed by atoms with Gasteiger partial charge >= 0.3 is 0 Å². The van der Waals surface area contributed by atoms with Crippen LogP contribution in [0.15, 0.2) is 12.2 Å². The fraction of sp³-hybridized carbons (Fsp3) is 0.750. The highest BCUT2D eigenvalue weighted by Crippen LogP contribution is 2.25. The highest BCUT2D eigenvalue weighted by Gasteiger charge is 2.19. The number of Topliss-reactive ketones (excluding diaryl/α,β-unsaturated/α-hetero) is 1. The maximum absolute atomic E-state index is 11.7. The largest absolute Gasteiger partial charge is 0.299 e. The quantitative estimate of drug-likeness (QED) is 0.480. The number of carbonyl (C=O) groups is 1. The SMILES string of the molecule is C=C(C)CC(=O)C1CCCCCC1. The molecule has 13 heavy (non-hydrogen) atoms. The normalized spacial score (nSPS) is 19.5. The monoisotopic (exact) mass is 180 g/mol. The highest BCUT2D eigenvalue weighted by molar-refractivity contribution is 5.83. The van der Waals surface area contributed by atoms with Gasteiger partial charge in [0.1, 0.15) is 5.78 Å². The molecule has 1 aliphatic rings. The summed E-state index contributed by atoms with van der Waals surface area (Å²) in [6, 6.07) is 0. The first-order valence-corrected chi connectivity index (χ1v) is 5.37. The molecule has 0 saturated heterocycles. The Hall–Kier alpha value is -0.590. The molecule has 0 N–H and O–H groups in total. The van der Waals surface area contributed by atoms with Gasteiger partial charge in [0.15, 0.2) is 0 Å². The topological polar surface area (TPSA) is 17.1 Å². The van der Waals surface area contributed by atoms with Crippen LogP contribution in [-0.2, 0) is 4.79 Å². The molecule has 0 radical (unpaired) electrons. The molecule has 1 saturated carbocycles. The summed E-state index contributed by atoms with van der Waals surface area (Å²) in [5.74, 6) is 0.772. The molecule has 1 fully saturated rings. The maximum atomic E-state index is 11.7. The van der Waals surface area contributed by atoms with E-state index in [0.29, 0.717) is 18.1 Å². The zero-order chi connectivity index (χ0) is 9.68. The molecule has 0 heterocycles. The van der Waals surface area contributed by atoms with E-state index in [-0.39, 0.29) is 0 Å². The molecule has 0 amide bonds. The van der Waals surface area contributed by atoms with Crippen molar-refractivity contribution < 1.29 is 4.79 Å². The van der Waals surface area contributed by atoms with E-state index in [1.807, 2.05) is 6.92 Å². The Labute approximate surface area is 81.2 Å². The van der Waals surface area contributed by atoms with Gasteiger partial charge in [-0.3, -0.25) is 4.79 Å². The van der Waals surface area contributed by atoms with E-state index >= 15 is 0 Å². The van der Waals surface area contributed by atoms with Crippen LogP contribution in [-0.4, -0.2) is 5.78 Å². The summed E-state index contributed by atoms with van der Waals surface area (Å²) in [5.41, 5.74) is 1.01. The van der Waals surface area contributed by atoms with Gasteiger partial charge in [-0.1, -0.05) is 37.8 Å². The van der Waals surface area contributed by atoms with E-state index in [4.69, 9.17) is 0 Å². The molecule has 0 aromatic rings. The molecule has 0 spiro atoms. The predicted octanol–water partition coefficient (Wildman–Crippen LogP) is 3.49. The molecule has 0 unspecified atom stereocenters. The van der Waals surface area contributed by atoms with Crippen LogP contribution in [0.5, 0.6) is 0 Å². The fourth-order valence-electron chi connectivity index (χ4n) is 2.04. The van der Waals surface area contributed by atoms with Gasteiger partial charge in [-0.05, 0) is 19.8 Å². The molecule has 0 bridgehead atoms. The lowest BCUT2D eigenvalue weighted by molar-refractivity contribution is -0.122. The van der Waals surface area contributed by atoms with E-state index in [2.05, 4.69) is 6.58 Å². The Kier molecular flexibility index (Phi) is 4.20. The molecule has 1 rings (SSSR count). The molecule has 74 valence electrons. The Balaban J connectivity index is 2.39. The van der Waals surface area contributed by atoms with Crippen molar-refractivity contribution in [1.29, 1.82) is 0 Å². The molecule has 0 aliphatic heterocycles. The lowest BCUT2D eigenvalue weighted by Crippen LogP contribution is -2.13. The van der Waals surface area contributed by atoms with E-state index in [1.165, 1.54) is 25.7 Å². The van der Waals surface area contributed by atoms with Crippen LogP contribution >= 0.6 is 0 Å². The number of carbonyl (C=O) groups excluding carboxylic acids is 1. The van der Waals surface area contributed by atoms with Crippen molar-refractivity contribution in [2.45, 2.75) is 51.9 Å². The summed E-state index contributed by atoms with van der Waals surface area (Å²) in [4.78, 5) is 11.7. The summed E-state index contributed by atoms with van der Waals surface area (Å²) in [5, 5.41) is 0. The Bertz CT molecular complexity index is 185. The van der Waals surface area contributed by atoms with Gasteiger partial charge in [-0.2, -0.15) is 0 Å². The molecule has 1 aliphatic carbocycles. The zero-order valence-electron chi connectivity index (χ0n) is 8.64. The average Bonchev–Trinajstić information content (AvgIpc) is 2.29. The standard InChI is InChI=1S/C12H20O/c1-10(2)9-12(13)11-7-5-3-4-6-8-11/h11H,1,3-9H2,2H3. The van der Waals surface area contributed by atoms with Gasteiger partial charge < -0.3 is 0 Å². The minimum atomic E-state index is 0.346. The van der Waals surface area contributed by atoms with Crippen LogP contribution in [0.2, 0.25) is 0 Å². The number of ketones is 1. The molecule has 0 aromatic heterocycles. The van der Waals surface area contributed by atoms with Gasteiger partial charge in [0.05, 0.1) is 0 Å². The number of allylic oxidation sites excluding steroid dienone is 1. The summed E-state index contributed by atoms with van der Waals surface area (Å²) >= 11 is 0. The predicted molar refractivity (Wildman–Crippen MR) is 55.6 cm³/mol. The summed E-state index contributed by atoms with van der Waals surface area (Å²) in [6.45, 7) is 5.73. The average molecular weight is 180 g/mol. The molecule has 1 heteroatoms. The van der Waals surface area contributed by atoms with Gasteiger partial charge in [-0.15, -0.1) is 0 Å². The lowest BCUT2D eigenvalue weighted by Gasteiger charge is -2.11. The summed E-state index contributed by atoms with van der Waals surface area (Å²) in [7, 11) is 0. The molecular formula is C12H20O. The van der Waals surface area contributed by atoms with E-state index in [9.17, 15) is 4.79 Å². The summed E-state index contributed by atoms with van der Waals surface area (Å²) in [6.07, 6.45) is 7.95. The Morgan fingerprint density at radius 3 is 2.23 bits per heavy atom. The van der Waals surface area contributed by atoms with Crippen molar-refractivity contribution in [2.75, 3.05) is 0 Å². The summed E-state index contributed by atoms with van der Waals surface area (Å²) < 4.78 is 0. The van der Waals surface area contributed by atoms with Crippen LogP contribution in [0.3, 0.4) is 0 Å². The van der Waals surface area contributed by atoms with E-state index in [0.717, 1.165) is 18.4 Å². The minimum absolute atomic E-state index is 0.346. The smallest absolute Gasteiger partial charge is 0.139 e. The third kappa shape index (κ3) is 3.75. The number of rotatable bonds is 3. The second-order valence-corrected chi connectivity index (χ2v) is 4.29. The first-order chi connectivity index (χ1) is 6.20. The van der Waals surface area contributed by atoms with Crippen molar-refractivity contribution >= 4 is 5.78 Å². The van der Waals surface area contributed by atoms with Crippen LogP contribution in [0, 0.1) is 5.92 Å². The lowest BCUT2D eigenvalue weighted by atomic mass is 9.92. The van der Waals surface area contributed by atoms with E-state index in [1.54, 1.807) is 0 Å². The highest BCUT2D eigenvalue weighted by atomic mass is 16.1.